The Morgan fingerprint density at radius 3 is 2.41 bits per heavy atom. The van der Waals surface area contributed by atoms with E-state index in [2.05, 4.69) is 41.3 Å². The number of thioether (sulfide) groups is 1. The fraction of sp³-hybridized carbons (Fsp3) is 0.318. The van der Waals surface area contributed by atoms with E-state index in [1.54, 1.807) is 11.8 Å². The first-order valence-electron chi connectivity index (χ1n) is 9.31. The summed E-state index contributed by atoms with van der Waals surface area (Å²) in [5.74, 6) is 1.07. The van der Waals surface area contributed by atoms with Gasteiger partial charge in [-0.2, -0.15) is 0 Å². The molecule has 1 saturated heterocycles. The Morgan fingerprint density at radius 1 is 1.00 bits per heavy atom. The predicted molar refractivity (Wildman–Crippen MR) is 115 cm³/mol. The van der Waals surface area contributed by atoms with E-state index >= 15 is 0 Å². The standard InChI is InChI=1S/C22H25ClN2OS/c23-20-8-10-21(11-9-20)27-18-12-22(26)25-16-14-24(15-17-25)13-4-7-19-5-2-1-3-6-19/h1-11H,12-18H2/b7-4+. The van der Waals surface area contributed by atoms with Crippen LogP contribution in [-0.4, -0.2) is 54.2 Å². The lowest BCUT2D eigenvalue weighted by Crippen LogP contribution is -2.48. The van der Waals surface area contributed by atoms with Gasteiger partial charge in [0.25, 0.3) is 0 Å². The van der Waals surface area contributed by atoms with Crippen molar-refractivity contribution in [1.29, 1.82) is 0 Å². The van der Waals surface area contributed by atoms with E-state index in [0.717, 1.165) is 48.4 Å². The van der Waals surface area contributed by atoms with Gasteiger partial charge in [0.05, 0.1) is 0 Å². The summed E-state index contributed by atoms with van der Waals surface area (Å²) in [5.41, 5.74) is 1.23. The number of halogens is 1. The molecular weight excluding hydrogens is 376 g/mol. The summed E-state index contributed by atoms with van der Waals surface area (Å²) >= 11 is 7.60. The molecule has 0 N–H and O–H groups in total. The molecule has 2 aromatic carbocycles. The molecule has 1 aliphatic rings. The third-order valence-corrected chi connectivity index (χ3v) is 5.86. The van der Waals surface area contributed by atoms with Crippen LogP contribution in [0.2, 0.25) is 5.02 Å². The van der Waals surface area contributed by atoms with Crippen molar-refractivity contribution in [3.05, 3.63) is 71.3 Å². The van der Waals surface area contributed by atoms with Crippen LogP contribution in [0.25, 0.3) is 6.08 Å². The van der Waals surface area contributed by atoms with Crippen molar-refractivity contribution in [2.24, 2.45) is 0 Å². The molecule has 1 aliphatic heterocycles. The zero-order valence-electron chi connectivity index (χ0n) is 15.4. The van der Waals surface area contributed by atoms with Crippen LogP contribution >= 0.6 is 23.4 Å². The highest BCUT2D eigenvalue weighted by Crippen LogP contribution is 2.21. The molecule has 0 atom stereocenters. The number of amides is 1. The Labute approximate surface area is 171 Å². The van der Waals surface area contributed by atoms with Crippen LogP contribution in [0.4, 0.5) is 0 Å². The first-order valence-corrected chi connectivity index (χ1v) is 10.7. The average Bonchev–Trinajstić information content (AvgIpc) is 2.71. The van der Waals surface area contributed by atoms with Crippen LogP contribution in [0.15, 0.2) is 65.6 Å². The summed E-state index contributed by atoms with van der Waals surface area (Å²) in [6.07, 6.45) is 4.95. The second-order valence-electron chi connectivity index (χ2n) is 6.55. The van der Waals surface area contributed by atoms with Gasteiger partial charge in [-0.05, 0) is 29.8 Å². The monoisotopic (exact) mass is 400 g/mol. The lowest BCUT2D eigenvalue weighted by atomic mass is 10.2. The van der Waals surface area contributed by atoms with Gasteiger partial charge >= 0.3 is 0 Å². The van der Waals surface area contributed by atoms with E-state index in [4.69, 9.17) is 11.6 Å². The minimum atomic E-state index is 0.260. The number of carbonyl (C=O) groups excluding carboxylic acids is 1. The minimum Gasteiger partial charge on any atom is -0.340 e. The molecule has 0 bridgehead atoms. The lowest BCUT2D eigenvalue weighted by molar-refractivity contribution is -0.132. The Balaban J connectivity index is 1.34. The van der Waals surface area contributed by atoms with Crippen LogP contribution in [-0.2, 0) is 4.79 Å². The van der Waals surface area contributed by atoms with Gasteiger partial charge in [-0.25, -0.2) is 0 Å². The molecule has 1 fully saturated rings. The van der Waals surface area contributed by atoms with Crippen molar-refractivity contribution in [2.75, 3.05) is 38.5 Å². The molecule has 0 saturated carbocycles. The fourth-order valence-corrected chi connectivity index (χ4v) is 3.99. The summed E-state index contributed by atoms with van der Waals surface area (Å²) in [4.78, 5) is 18.0. The van der Waals surface area contributed by atoms with Crippen molar-refractivity contribution in [3.8, 4) is 0 Å². The smallest absolute Gasteiger partial charge is 0.223 e. The maximum absolute atomic E-state index is 12.4. The molecule has 5 heteroatoms. The third kappa shape index (κ3) is 6.73. The SMILES string of the molecule is O=C(CCSc1ccc(Cl)cc1)N1CCN(C/C=C/c2ccccc2)CC1. The Morgan fingerprint density at radius 2 is 1.70 bits per heavy atom. The summed E-state index contributed by atoms with van der Waals surface area (Å²) in [6.45, 7) is 4.46. The highest BCUT2D eigenvalue weighted by atomic mass is 35.5. The van der Waals surface area contributed by atoms with Crippen LogP contribution in [0.5, 0.6) is 0 Å². The second kappa shape index (κ2) is 10.5. The van der Waals surface area contributed by atoms with Gasteiger partial charge in [0.2, 0.25) is 5.91 Å². The Bertz CT molecular complexity index is 741. The minimum absolute atomic E-state index is 0.260. The number of benzene rings is 2. The zero-order chi connectivity index (χ0) is 18.9. The van der Waals surface area contributed by atoms with Gasteiger partial charge in [0, 0.05) is 54.8 Å². The second-order valence-corrected chi connectivity index (χ2v) is 8.15. The molecule has 3 nitrogen and oxygen atoms in total. The number of piperazine rings is 1. The molecule has 2 aromatic rings. The van der Waals surface area contributed by atoms with Crippen molar-refractivity contribution in [3.63, 3.8) is 0 Å². The maximum Gasteiger partial charge on any atom is 0.223 e. The van der Waals surface area contributed by atoms with Crippen molar-refractivity contribution in [2.45, 2.75) is 11.3 Å². The van der Waals surface area contributed by atoms with Gasteiger partial charge in [-0.1, -0.05) is 54.1 Å². The van der Waals surface area contributed by atoms with Gasteiger partial charge in [-0.3, -0.25) is 9.69 Å². The van der Waals surface area contributed by atoms with E-state index in [1.165, 1.54) is 5.56 Å². The normalized spacial score (nSPS) is 15.4. The number of rotatable bonds is 7. The highest BCUT2D eigenvalue weighted by Gasteiger charge is 2.19. The number of nitrogens with zero attached hydrogens (tertiary/aromatic N) is 2. The van der Waals surface area contributed by atoms with Crippen molar-refractivity contribution >= 4 is 35.3 Å². The topological polar surface area (TPSA) is 23.6 Å². The molecule has 0 aromatic heterocycles. The Kier molecular flexibility index (Phi) is 7.81. The summed E-state index contributed by atoms with van der Waals surface area (Å²) in [6, 6.07) is 18.1. The first kappa shape index (κ1) is 20.0. The van der Waals surface area contributed by atoms with Crippen LogP contribution < -0.4 is 0 Å². The molecule has 0 unspecified atom stereocenters. The van der Waals surface area contributed by atoms with Crippen molar-refractivity contribution in [1.82, 2.24) is 9.80 Å². The molecule has 3 rings (SSSR count). The van der Waals surface area contributed by atoms with E-state index in [0.29, 0.717) is 6.42 Å². The predicted octanol–water partition coefficient (Wildman–Crippen LogP) is 4.68. The van der Waals surface area contributed by atoms with E-state index in [1.807, 2.05) is 35.2 Å². The molecule has 27 heavy (non-hydrogen) atoms. The van der Waals surface area contributed by atoms with Crippen LogP contribution in [0, 0.1) is 0 Å². The van der Waals surface area contributed by atoms with Crippen LogP contribution in [0.1, 0.15) is 12.0 Å². The van der Waals surface area contributed by atoms with Crippen molar-refractivity contribution < 1.29 is 4.79 Å². The largest absolute Gasteiger partial charge is 0.340 e. The zero-order valence-corrected chi connectivity index (χ0v) is 17.0. The third-order valence-electron chi connectivity index (χ3n) is 4.60. The molecule has 0 radical (unpaired) electrons. The fourth-order valence-electron chi connectivity index (χ4n) is 3.03. The average molecular weight is 401 g/mol. The summed E-state index contributed by atoms with van der Waals surface area (Å²) < 4.78 is 0. The molecule has 1 amide bonds. The number of hydrogen-bond acceptors (Lipinski definition) is 3. The lowest BCUT2D eigenvalue weighted by Gasteiger charge is -2.34. The Hall–Kier alpha value is -1.75. The molecule has 142 valence electrons. The van der Waals surface area contributed by atoms with E-state index < -0.39 is 0 Å². The maximum atomic E-state index is 12.4. The van der Waals surface area contributed by atoms with Gasteiger partial charge in [0.15, 0.2) is 0 Å². The number of hydrogen-bond donors (Lipinski definition) is 0. The molecule has 0 spiro atoms. The quantitative estimate of drug-likeness (QED) is 0.630. The van der Waals surface area contributed by atoms with E-state index in [-0.39, 0.29) is 5.91 Å². The molecular formula is C22H25ClN2OS. The first-order chi connectivity index (χ1) is 13.2. The molecule has 0 aliphatic carbocycles. The summed E-state index contributed by atoms with van der Waals surface area (Å²) in [5, 5.41) is 0.743. The summed E-state index contributed by atoms with van der Waals surface area (Å²) in [7, 11) is 0. The van der Waals surface area contributed by atoms with Crippen LogP contribution in [0.3, 0.4) is 0 Å². The van der Waals surface area contributed by atoms with Gasteiger partial charge in [-0.15, -0.1) is 11.8 Å². The highest BCUT2D eigenvalue weighted by molar-refractivity contribution is 7.99. The van der Waals surface area contributed by atoms with Gasteiger partial charge in [0.1, 0.15) is 0 Å². The van der Waals surface area contributed by atoms with E-state index in [9.17, 15) is 4.79 Å². The van der Waals surface area contributed by atoms with Gasteiger partial charge < -0.3 is 4.90 Å². The molecule has 1 heterocycles. The number of carbonyl (C=O) groups is 1.